The van der Waals surface area contributed by atoms with Crippen molar-refractivity contribution in [2.45, 2.75) is 37.0 Å². The molecule has 1 unspecified atom stereocenters. The molecule has 0 radical (unpaired) electrons. The van der Waals surface area contributed by atoms with Crippen LogP contribution in [0, 0.1) is 0 Å². The third-order valence-electron chi connectivity index (χ3n) is 3.62. The topological polar surface area (TPSA) is 69.6 Å². The van der Waals surface area contributed by atoms with Gasteiger partial charge in [0.2, 0.25) is 10.0 Å². The van der Waals surface area contributed by atoms with Crippen molar-refractivity contribution in [3.8, 4) is 0 Å². The van der Waals surface area contributed by atoms with Crippen LogP contribution in [0.5, 0.6) is 0 Å². The Morgan fingerprint density at radius 3 is 2.31 bits per heavy atom. The van der Waals surface area contributed by atoms with Gasteiger partial charge in [0.15, 0.2) is 0 Å². The third kappa shape index (κ3) is 2.74. The van der Waals surface area contributed by atoms with Gasteiger partial charge in [0.25, 0.3) is 0 Å². The molecule has 0 amide bonds. The van der Waals surface area contributed by atoms with E-state index in [1.54, 1.807) is 0 Å². The molecule has 0 aromatic carbocycles. The van der Waals surface area contributed by atoms with Gasteiger partial charge in [-0.05, 0) is 40.3 Å². The number of sulfonamides is 1. The highest BCUT2D eigenvalue weighted by atomic mass is 32.2. The lowest BCUT2D eigenvalue weighted by Gasteiger charge is -2.47. The second-order valence-electron chi connectivity index (χ2n) is 4.83. The van der Waals surface area contributed by atoms with Gasteiger partial charge in [0.1, 0.15) is 0 Å². The Bertz CT molecular complexity index is 323. The zero-order valence-electron chi connectivity index (χ0n) is 10.2. The fourth-order valence-corrected chi connectivity index (χ4v) is 2.79. The van der Waals surface area contributed by atoms with E-state index < -0.39 is 15.3 Å². The van der Waals surface area contributed by atoms with Crippen molar-refractivity contribution in [2.75, 3.05) is 27.2 Å². The fraction of sp³-hybridized carbons (Fsp3) is 1.00. The minimum Gasteiger partial charge on any atom is -0.395 e. The van der Waals surface area contributed by atoms with E-state index in [9.17, 15) is 8.42 Å². The lowest BCUT2D eigenvalue weighted by molar-refractivity contribution is 0.0655. The first-order valence-electron chi connectivity index (χ1n) is 5.61. The summed E-state index contributed by atoms with van der Waals surface area (Å²) in [6.45, 7) is 1.60. The van der Waals surface area contributed by atoms with E-state index in [1.165, 1.54) is 6.92 Å². The summed E-state index contributed by atoms with van der Waals surface area (Å²) in [4.78, 5) is 2.09. The maximum Gasteiger partial charge on any atom is 0.216 e. The Kier molecular flexibility index (Phi) is 4.34. The molecule has 0 heterocycles. The Morgan fingerprint density at radius 1 is 1.44 bits per heavy atom. The first-order valence-corrected chi connectivity index (χ1v) is 7.15. The summed E-state index contributed by atoms with van der Waals surface area (Å²) in [6, 6.07) is 0. The molecule has 1 fully saturated rings. The molecule has 0 saturated heterocycles. The Morgan fingerprint density at radius 2 is 2.00 bits per heavy atom. The second kappa shape index (κ2) is 5.00. The lowest BCUT2D eigenvalue weighted by Crippen LogP contribution is -2.57. The third-order valence-corrected chi connectivity index (χ3v) is 5.38. The standard InChI is InChI=1S/C10H22N2O3S/c1-9(7-13)16(14,15)11-8-10(12(2)3)5-4-6-10/h9,11,13H,4-8H2,1-3H3. The van der Waals surface area contributed by atoms with Crippen LogP contribution in [0.2, 0.25) is 0 Å². The lowest BCUT2D eigenvalue weighted by atomic mass is 9.76. The monoisotopic (exact) mass is 250 g/mol. The van der Waals surface area contributed by atoms with E-state index in [2.05, 4.69) is 9.62 Å². The van der Waals surface area contributed by atoms with Gasteiger partial charge in [0.05, 0.1) is 11.9 Å². The number of nitrogens with zero attached hydrogens (tertiary/aromatic N) is 1. The molecular weight excluding hydrogens is 228 g/mol. The molecule has 1 rings (SSSR count). The summed E-state index contributed by atoms with van der Waals surface area (Å²) in [5, 5.41) is 8.11. The molecule has 96 valence electrons. The summed E-state index contributed by atoms with van der Waals surface area (Å²) < 4.78 is 26.0. The van der Waals surface area contributed by atoms with E-state index in [0.29, 0.717) is 6.54 Å². The minimum absolute atomic E-state index is 0.0255. The van der Waals surface area contributed by atoms with Crippen LogP contribution in [-0.2, 0) is 10.0 Å². The van der Waals surface area contributed by atoms with E-state index in [1.807, 2.05) is 14.1 Å². The van der Waals surface area contributed by atoms with Gasteiger partial charge in [-0.15, -0.1) is 0 Å². The zero-order chi connectivity index (χ0) is 12.4. The first-order chi connectivity index (χ1) is 7.34. The highest BCUT2D eigenvalue weighted by Gasteiger charge is 2.40. The fourth-order valence-electron chi connectivity index (χ4n) is 1.84. The molecule has 6 heteroatoms. The van der Waals surface area contributed by atoms with Crippen LogP contribution < -0.4 is 4.72 Å². The van der Waals surface area contributed by atoms with Gasteiger partial charge < -0.3 is 10.0 Å². The van der Waals surface area contributed by atoms with E-state index in [-0.39, 0.29) is 12.1 Å². The van der Waals surface area contributed by atoms with Gasteiger partial charge >= 0.3 is 0 Å². The molecule has 1 aliphatic carbocycles. The normalized spacial score (nSPS) is 21.8. The summed E-state index contributed by atoms with van der Waals surface area (Å²) >= 11 is 0. The number of likely N-dealkylation sites (N-methyl/N-ethyl adjacent to an activating group) is 1. The molecule has 0 aliphatic heterocycles. The Hall–Kier alpha value is -0.170. The van der Waals surface area contributed by atoms with Crippen molar-refractivity contribution in [1.82, 2.24) is 9.62 Å². The van der Waals surface area contributed by atoms with Gasteiger partial charge in [-0.3, -0.25) is 0 Å². The number of aliphatic hydroxyl groups is 1. The molecule has 0 bridgehead atoms. The van der Waals surface area contributed by atoms with Crippen LogP contribution >= 0.6 is 0 Å². The smallest absolute Gasteiger partial charge is 0.216 e. The van der Waals surface area contributed by atoms with Crippen LogP contribution in [0.15, 0.2) is 0 Å². The van der Waals surface area contributed by atoms with Crippen LogP contribution in [0.25, 0.3) is 0 Å². The zero-order valence-corrected chi connectivity index (χ0v) is 11.0. The van der Waals surface area contributed by atoms with Crippen LogP contribution in [0.4, 0.5) is 0 Å². The summed E-state index contributed by atoms with van der Waals surface area (Å²) in [6.07, 6.45) is 3.20. The highest BCUT2D eigenvalue weighted by Crippen LogP contribution is 2.35. The number of hydrogen-bond donors (Lipinski definition) is 2. The number of hydrogen-bond acceptors (Lipinski definition) is 4. The SMILES string of the molecule is CC(CO)S(=O)(=O)NCC1(N(C)C)CCC1. The molecule has 0 aromatic rings. The van der Waals surface area contributed by atoms with Crippen LogP contribution in [0.3, 0.4) is 0 Å². The minimum atomic E-state index is -3.38. The first kappa shape index (κ1) is 13.9. The number of nitrogens with one attached hydrogen (secondary N) is 1. The van der Waals surface area contributed by atoms with Gasteiger partial charge in [0, 0.05) is 12.1 Å². The van der Waals surface area contributed by atoms with Gasteiger partial charge in [-0.1, -0.05) is 0 Å². The van der Waals surface area contributed by atoms with Crippen molar-refractivity contribution in [1.29, 1.82) is 0 Å². The molecule has 0 spiro atoms. The molecule has 2 N–H and O–H groups in total. The molecule has 5 nitrogen and oxygen atoms in total. The molecule has 1 saturated carbocycles. The molecule has 0 aromatic heterocycles. The van der Waals surface area contributed by atoms with Crippen molar-refractivity contribution < 1.29 is 13.5 Å². The molecule has 1 atom stereocenters. The quantitative estimate of drug-likeness (QED) is 0.683. The Balaban J connectivity index is 2.57. The summed E-state index contributed by atoms with van der Waals surface area (Å²) in [5.74, 6) is 0. The van der Waals surface area contributed by atoms with Crippen molar-refractivity contribution in [2.24, 2.45) is 0 Å². The van der Waals surface area contributed by atoms with Gasteiger partial charge in [-0.2, -0.15) is 0 Å². The maximum absolute atomic E-state index is 11.7. The highest BCUT2D eigenvalue weighted by molar-refractivity contribution is 7.90. The predicted octanol–water partition coefficient (Wildman–Crippen LogP) is -0.229. The molecule has 1 aliphatic rings. The van der Waals surface area contributed by atoms with Gasteiger partial charge in [-0.25, -0.2) is 13.1 Å². The average Bonchev–Trinajstić information content (AvgIpc) is 2.14. The van der Waals surface area contributed by atoms with E-state index in [0.717, 1.165) is 19.3 Å². The molecular formula is C10H22N2O3S. The van der Waals surface area contributed by atoms with Crippen LogP contribution in [-0.4, -0.2) is 56.5 Å². The largest absolute Gasteiger partial charge is 0.395 e. The average molecular weight is 250 g/mol. The molecule has 16 heavy (non-hydrogen) atoms. The number of aliphatic hydroxyl groups excluding tert-OH is 1. The van der Waals surface area contributed by atoms with Crippen molar-refractivity contribution >= 4 is 10.0 Å². The summed E-state index contributed by atoms with van der Waals surface area (Å²) in [7, 11) is 0.570. The van der Waals surface area contributed by atoms with Crippen LogP contribution in [0.1, 0.15) is 26.2 Å². The summed E-state index contributed by atoms with van der Waals surface area (Å²) in [5.41, 5.74) is -0.0255. The van der Waals surface area contributed by atoms with Crippen molar-refractivity contribution in [3.63, 3.8) is 0 Å². The maximum atomic E-state index is 11.7. The number of rotatable bonds is 6. The van der Waals surface area contributed by atoms with E-state index >= 15 is 0 Å². The second-order valence-corrected chi connectivity index (χ2v) is 7.02. The predicted molar refractivity (Wildman–Crippen MR) is 63.7 cm³/mol. The Labute approximate surface area is 97.9 Å². The van der Waals surface area contributed by atoms with Crippen molar-refractivity contribution in [3.05, 3.63) is 0 Å². The van der Waals surface area contributed by atoms with E-state index in [4.69, 9.17) is 5.11 Å².